The minimum absolute atomic E-state index is 0.237. The van der Waals surface area contributed by atoms with Gasteiger partial charge in [-0.3, -0.25) is 0 Å². The Bertz CT molecular complexity index is 197. The average molecular weight is 231 g/mol. The minimum Gasteiger partial charge on any atom is -0.465 e. The Balaban J connectivity index is 4.28. The van der Waals surface area contributed by atoms with E-state index in [-0.39, 0.29) is 5.97 Å². The van der Waals surface area contributed by atoms with Crippen molar-refractivity contribution in [3.8, 4) is 0 Å². The van der Waals surface area contributed by atoms with Crippen LogP contribution < -0.4 is 5.32 Å². The molecule has 0 aromatic rings. The van der Waals surface area contributed by atoms with Crippen LogP contribution in [0.5, 0.6) is 0 Å². The van der Waals surface area contributed by atoms with E-state index in [2.05, 4.69) is 12.2 Å². The zero-order valence-corrected chi connectivity index (χ0v) is 11.0. The van der Waals surface area contributed by atoms with E-state index in [0.29, 0.717) is 19.8 Å². The molecule has 0 aromatic carbocycles. The van der Waals surface area contributed by atoms with Crippen LogP contribution in [0.25, 0.3) is 0 Å². The maximum absolute atomic E-state index is 11.8. The average Bonchev–Trinajstić information content (AvgIpc) is 2.27. The zero-order chi connectivity index (χ0) is 12.4. The summed E-state index contributed by atoms with van der Waals surface area (Å²) in [5.74, 6) is -0.237. The van der Waals surface area contributed by atoms with Gasteiger partial charge >= 0.3 is 5.97 Å². The van der Waals surface area contributed by atoms with E-state index in [1.165, 1.54) is 0 Å². The van der Waals surface area contributed by atoms with Gasteiger partial charge in [0.15, 0.2) is 0 Å². The molecular formula is C12H25NO3. The lowest BCUT2D eigenvalue weighted by Crippen LogP contribution is -2.54. The van der Waals surface area contributed by atoms with Gasteiger partial charge < -0.3 is 14.8 Å². The molecule has 0 saturated heterocycles. The summed E-state index contributed by atoms with van der Waals surface area (Å²) >= 11 is 0. The fourth-order valence-corrected chi connectivity index (χ4v) is 1.29. The maximum Gasteiger partial charge on any atom is 0.328 e. The summed E-state index contributed by atoms with van der Waals surface area (Å²) in [6, 6.07) is 0. The molecule has 0 spiro atoms. The lowest BCUT2D eigenvalue weighted by Gasteiger charge is -2.28. The second-order valence-electron chi connectivity index (χ2n) is 4.03. The third kappa shape index (κ3) is 5.47. The van der Waals surface area contributed by atoms with Crippen LogP contribution in [-0.2, 0) is 14.3 Å². The normalized spacial score (nSPS) is 14.5. The molecule has 0 bridgehead atoms. The molecule has 0 radical (unpaired) electrons. The highest BCUT2D eigenvalue weighted by Gasteiger charge is 2.34. The van der Waals surface area contributed by atoms with Crippen molar-refractivity contribution in [2.75, 3.05) is 26.4 Å². The fourth-order valence-electron chi connectivity index (χ4n) is 1.29. The van der Waals surface area contributed by atoms with Crippen molar-refractivity contribution < 1.29 is 14.3 Å². The molecule has 0 rings (SSSR count). The molecule has 0 aromatic heterocycles. The molecule has 1 N–H and O–H groups in total. The molecule has 0 aliphatic rings. The van der Waals surface area contributed by atoms with E-state index >= 15 is 0 Å². The highest BCUT2D eigenvalue weighted by Crippen LogP contribution is 2.08. The summed E-state index contributed by atoms with van der Waals surface area (Å²) in [5, 5.41) is 3.19. The van der Waals surface area contributed by atoms with E-state index in [9.17, 15) is 4.79 Å². The van der Waals surface area contributed by atoms with E-state index in [1.54, 1.807) is 0 Å². The quantitative estimate of drug-likeness (QED) is 0.485. The van der Waals surface area contributed by atoms with Gasteiger partial charge in [-0.05, 0) is 33.2 Å². The van der Waals surface area contributed by atoms with Gasteiger partial charge in [0.2, 0.25) is 0 Å². The van der Waals surface area contributed by atoms with Crippen LogP contribution in [0.1, 0.15) is 40.5 Å². The number of ether oxygens (including phenoxy) is 2. The number of esters is 1. The summed E-state index contributed by atoms with van der Waals surface area (Å²) in [5.41, 5.74) is -0.721. The van der Waals surface area contributed by atoms with Crippen LogP contribution in [0.15, 0.2) is 0 Å². The molecule has 0 aliphatic carbocycles. The van der Waals surface area contributed by atoms with Gasteiger partial charge in [-0.25, -0.2) is 4.79 Å². The zero-order valence-electron chi connectivity index (χ0n) is 11.0. The van der Waals surface area contributed by atoms with Gasteiger partial charge in [0.25, 0.3) is 0 Å². The van der Waals surface area contributed by atoms with Gasteiger partial charge in [0.05, 0.1) is 13.2 Å². The third-order valence-corrected chi connectivity index (χ3v) is 2.23. The van der Waals surface area contributed by atoms with E-state index in [0.717, 1.165) is 19.4 Å². The smallest absolute Gasteiger partial charge is 0.328 e. The molecule has 4 nitrogen and oxygen atoms in total. The van der Waals surface area contributed by atoms with Crippen molar-refractivity contribution in [3.63, 3.8) is 0 Å². The van der Waals surface area contributed by atoms with E-state index in [1.807, 2.05) is 20.8 Å². The molecule has 4 heteroatoms. The Morgan fingerprint density at radius 1 is 1.25 bits per heavy atom. The lowest BCUT2D eigenvalue weighted by atomic mass is 10.0. The van der Waals surface area contributed by atoms with Gasteiger partial charge in [-0.1, -0.05) is 13.8 Å². The van der Waals surface area contributed by atoms with Gasteiger partial charge in [-0.2, -0.15) is 0 Å². The number of rotatable bonds is 9. The SMILES string of the molecule is CCCNC(C)(COCCC)C(=O)OCC. The number of hydrogen-bond acceptors (Lipinski definition) is 4. The first kappa shape index (κ1) is 15.4. The Labute approximate surface area is 98.7 Å². The Morgan fingerprint density at radius 3 is 2.44 bits per heavy atom. The number of nitrogens with one attached hydrogen (secondary N) is 1. The Hall–Kier alpha value is -0.610. The highest BCUT2D eigenvalue weighted by atomic mass is 16.5. The molecule has 16 heavy (non-hydrogen) atoms. The molecule has 0 heterocycles. The largest absolute Gasteiger partial charge is 0.465 e. The molecule has 0 saturated carbocycles. The van der Waals surface area contributed by atoms with Crippen LogP contribution in [0.3, 0.4) is 0 Å². The van der Waals surface area contributed by atoms with Crippen LogP contribution in [0.2, 0.25) is 0 Å². The Morgan fingerprint density at radius 2 is 1.94 bits per heavy atom. The molecule has 0 fully saturated rings. The lowest BCUT2D eigenvalue weighted by molar-refractivity contribution is -0.153. The predicted molar refractivity (Wildman–Crippen MR) is 64.4 cm³/mol. The van der Waals surface area contributed by atoms with Crippen molar-refractivity contribution in [1.82, 2.24) is 5.32 Å². The molecule has 0 amide bonds. The van der Waals surface area contributed by atoms with Gasteiger partial charge in [0, 0.05) is 6.61 Å². The van der Waals surface area contributed by atoms with Gasteiger partial charge in [-0.15, -0.1) is 0 Å². The molecule has 1 unspecified atom stereocenters. The summed E-state index contributed by atoms with van der Waals surface area (Å²) in [6.45, 7) is 9.96. The molecular weight excluding hydrogens is 206 g/mol. The highest BCUT2D eigenvalue weighted by molar-refractivity contribution is 5.80. The van der Waals surface area contributed by atoms with Crippen molar-refractivity contribution in [2.45, 2.75) is 46.1 Å². The van der Waals surface area contributed by atoms with Crippen molar-refractivity contribution in [2.24, 2.45) is 0 Å². The summed E-state index contributed by atoms with van der Waals surface area (Å²) in [6.07, 6.45) is 1.93. The van der Waals surface area contributed by atoms with Crippen LogP contribution in [0.4, 0.5) is 0 Å². The fraction of sp³-hybridized carbons (Fsp3) is 0.917. The summed E-state index contributed by atoms with van der Waals surface area (Å²) < 4.78 is 10.5. The monoisotopic (exact) mass is 231 g/mol. The maximum atomic E-state index is 11.8. The van der Waals surface area contributed by atoms with Crippen molar-refractivity contribution in [1.29, 1.82) is 0 Å². The standard InChI is InChI=1S/C12H25NO3/c1-5-8-13-12(4,10-15-9-6-2)11(14)16-7-3/h13H,5-10H2,1-4H3. The first-order chi connectivity index (χ1) is 7.60. The van der Waals surface area contributed by atoms with Crippen LogP contribution in [-0.4, -0.2) is 37.9 Å². The van der Waals surface area contributed by atoms with Crippen LogP contribution >= 0.6 is 0 Å². The predicted octanol–water partition coefficient (Wildman–Crippen LogP) is 1.73. The van der Waals surface area contributed by atoms with E-state index < -0.39 is 5.54 Å². The Kier molecular flexibility index (Phi) is 8.21. The van der Waals surface area contributed by atoms with Crippen molar-refractivity contribution in [3.05, 3.63) is 0 Å². The third-order valence-electron chi connectivity index (χ3n) is 2.23. The number of carbonyl (C=O) groups excluding carboxylic acids is 1. The van der Waals surface area contributed by atoms with Crippen molar-refractivity contribution >= 4 is 5.97 Å². The summed E-state index contributed by atoms with van der Waals surface area (Å²) in [7, 11) is 0. The molecule has 0 aliphatic heterocycles. The first-order valence-electron chi connectivity index (χ1n) is 6.10. The first-order valence-corrected chi connectivity index (χ1v) is 6.10. The van der Waals surface area contributed by atoms with Gasteiger partial charge in [0.1, 0.15) is 5.54 Å². The number of carbonyl (C=O) groups is 1. The van der Waals surface area contributed by atoms with Crippen LogP contribution in [0, 0.1) is 0 Å². The molecule has 96 valence electrons. The molecule has 1 atom stereocenters. The summed E-state index contributed by atoms with van der Waals surface area (Å²) in [4.78, 5) is 11.8. The second kappa shape index (κ2) is 8.53. The topological polar surface area (TPSA) is 47.6 Å². The van der Waals surface area contributed by atoms with E-state index in [4.69, 9.17) is 9.47 Å². The minimum atomic E-state index is -0.721. The second-order valence-corrected chi connectivity index (χ2v) is 4.03. The number of hydrogen-bond donors (Lipinski definition) is 1.